The van der Waals surface area contributed by atoms with E-state index in [9.17, 15) is 15.0 Å². The van der Waals surface area contributed by atoms with Crippen LogP contribution in [-0.2, 0) is 18.9 Å². The molecule has 0 radical (unpaired) electrons. The molecule has 7 heterocycles. The molecule has 19 nitrogen and oxygen atoms in total. The molecular weight excluding hydrogens is 933 g/mol. The molecule has 6 unspecified atom stereocenters. The molecule has 2 aromatic heterocycles. The van der Waals surface area contributed by atoms with Crippen molar-refractivity contribution < 1.29 is 43.4 Å². The fourth-order valence-electron chi connectivity index (χ4n) is 10.8. The minimum atomic E-state index is -0.739. The molecule has 73 heavy (non-hydrogen) atoms. The number of hydrogen-bond donors (Lipinski definition) is 6. The van der Waals surface area contributed by atoms with Crippen LogP contribution >= 0.6 is 0 Å². The number of ether oxygens (including phenoxy) is 6. The lowest BCUT2D eigenvalue weighted by Crippen LogP contribution is -2.47. The Kier molecular flexibility index (Phi) is 17.6. The van der Waals surface area contributed by atoms with Crippen molar-refractivity contribution in [1.82, 2.24) is 35.5 Å². The number of carbonyl (C=O) groups is 1. The summed E-state index contributed by atoms with van der Waals surface area (Å²) >= 11 is 0. The zero-order valence-corrected chi connectivity index (χ0v) is 43.3. The molecule has 0 aliphatic carbocycles. The van der Waals surface area contributed by atoms with Gasteiger partial charge in [-0.3, -0.25) is 4.79 Å². The highest BCUT2D eigenvalue weighted by atomic mass is 16.5. The number of piperidine rings is 1. The van der Waals surface area contributed by atoms with Crippen molar-refractivity contribution in [3.8, 4) is 34.3 Å². The molecule has 6 N–H and O–H groups in total. The normalized spacial score (nSPS) is 23.3. The molecule has 396 valence electrons. The molecule has 5 fully saturated rings. The monoisotopic (exact) mass is 1010 g/mol. The summed E-state index contributed by atoms with van der Waals surface area (Å²) in [6.07, 6.45) is 5.18. The average Bonchev–Trinajstić information content (AvgIpc) is 4.14. The lowest BCUT2D eigenvalue weighted by atomic mass is 9.71. The maximum absolute atomic E-state index is 14.5. The van der Waals surface area contributed by atoms with E-state index in [1.54, 1.807) is 19.0 Å². The highest BCUT2D eigenvalue weighted by Crippen LogP contribution is 2.48. The van der Waals surface area contributed by atoms with Gasteiger partial charge >= 0.3 is 0 Å². The minimum absolute atomic E-state index is 0.0375. The van der Waals surface area contributed by atoms with Crippen molar-refractivity contribution in [2.24, 2.45) is 5.41 Å². The number of aromatic nitrogens is 4. The summed E-state index contributed by atoms with van der Waals surface area (Å²) in [6, 6.07) is 14.0. The second kappa shape index (κ2) is 24.4. The van der Waals surface area contributed by atoms with Crippen molar-refractivity contribution in [3.63, 3.8) is 0 Å². The second-order valence-corrected chi connectivity index (χ2v) is 20.6. The minimum Gasteiger partial charge on any atom is -0.491 e. The Morgan fingerprint density at radius 1 is 0.781 bits per heavy atom. The van der Waals surface area contributed by atoms with Gasteiger partial charge < -0.3 is 69.7 Å². The lowest BCUT2D eigenvalue weighted by molar-refractivity contribution is -0.0552. The highest BCUT2D eigenvalue weighted by Gasteiger charge is 2.42. The summed E-state index contributed by atoms with van der Waals surface area (Å²) in [4.78, 5) is 39.4. The van der Waals surface area contributed by atoms with Crippen molar-refractivity contribution in [1.29, 1.82) is 0 Å². The number of carbonyl (C=O) groups excluding carboxylic acids is 1. The Labute approximate surface area is 429 Å². The van der Waals surface area contributed by atoms with Crippen LogP contribution in [0, 0.1) is 19.3 Å². The predicted molar refractivity (Wildman–Crippen MR) is 279 cm³/mol. The van der Waals surface area contributed by atoms with Crippen LogP contribution in [0.4, 0.5) is 17.5 Å². The third kappa shape index (κ3) is 13.0. The molecule has 0 saturated carbocycles. The predicted octanol–water partition coefficient (Wildman–Crippen LogP) is 4.93. The lowest BCUT2D eigenvalue weighted by Gasteiger charge is -2.48. The van der Waals surface area contributed by atoms with E-state index < -0.39 is 12.2 Å². The maximum Gasteiger partial charge on any atom is 0.272 e. The first-order valence-electron chi connectivity index (χ1n) is 26.3. The largest absolute Gasteiger partial charge is 0.491 e. The van der Waals surface area contributed by atoms with E-state index >= 15 is 0 Å². The zero-order chi connectivity index (χ0) is 50.9. The summed E-state index contributed by atoms with van der Waals surface area (Å²) in [7, 11) is 5.45. The SMILES string of the molecule is CNCC(O)COc1cccc(-c2nc(NC3CCOC3)c(C)c(N3CCCC4(CCOC(c5cc(OCC(O)CNC)cc(-c6nc(NC7CCOC7)c(C)c(C(=O)N(C)C7CCOCC7)n6)c5)C4)C3)n2)c1. The van der Waals surface area contributed by atoms with Gasteiger partial charge in [-0.1, -0.05) is 12.1 Å². The van der Waals surface area contributed by atoms with Crippen LogP contribution in [0.25, 0.3) is 22.8 Å². The van der Waals surface area contributed by atoms with Gasteiger partial charge in [-0.15, -0.1) is 0 Å². The third-order valence-corrected chi connectivity index (χ3v) is 15.0. The quantitative estimate of drug-likeness (QED) is 0.0692. The molecule has 0 bridgehead atoms. The van der Waals surface area contributed by atoms with Gasteiger partial charge in [0, 0.05) is 94.6 Å². The third-order valence-electron chi connectivity index (χ3n) is 15.0. The van der Waals surface area contributed by atoms with Crippen LogP contribution in [0.5, 0.6) is 11.5 Å². The number of aliphatic hydroxyl groups is 2. The second-order valence-electron chi connectivity index (χ2n) is 20.6. The van der Waals surface area contributed by atoms with E-state index in [4.69, 9.17) is 48.4 Å². The number of hydrogen-bond acceptors (Lipinski definition) is 18. The van der Waals surface area contributed by atoms with Crippen molar-refractivity contribution >= 4 is 23.4 Å². The van der Waals surface area contributed by atoms with Crippen LogP contribution in [0.1, 0.15) is 84.6 Å². The van der Waals surface area contributed by atoms with Crippen molar-refractivity contribution in [2.45, 2.75) is 102 Å². The number of nitrogens with zero attached hydrogens (tertiary/aromatic N) is 6. The van der Waals surface area contributed by atoms with E-state index in [0.717, 1.165) is 92.8 Å². The number of anilines is 3. The first-order chi connectivity index (χ1) is 35.5. The summed E-state index contributed by atoms with van der Waals surface area (Å²) in [6.45, 7) is 10.9. The Bertz CT molecular complexity index is 2480. The molecule has 5 saturated heterocycles. The van der Waals surface area contributed by atoms with Gasteiger partial charge in [0.25, 0.3) is 5.91 Å². The van der Waals surface area contributed by atoms with Gasteiger partial charge in [0.05, 0.1) is 31.4 Å². The molecule has 5 aliphatic rings. The summed E-state index contributed by atoms with van der Waals surface area (Å²) < 4.78 is 36.2. The van der Waals surface area contributed by atoms with Gasteiger partial charge in [0.2, 0.25) is 0 Å². The number of amides is 1. The summed E-state index contributed by atoms with van der Waals surface area (Å²) in [5, 5.41) is 34.4. The van der Waals surface area contributed by atoms with Gasteiger partial charge in [-0.2, -0.15) is 0 Å². The first kappa shape index (κ1) is 52.6. The fourth-order valence-corrected chi connectivity index (χ4v) is 10.8. The van der Waals surface area contributed by atoms with Gasteiger partial charge in [0.1, 0.15) is 60.1 Å². The fraction of sp³-hybridized carbons (Fsp3) is 0.611. The van der Waals surface area contributed by atoms with Crippen LogP contribution in [0.15, 0.2) is 42.5 Å². The van der Waals surface area contributed by atoms with Crippen LogP contribution in [0.3, 0.4) is 0 Å². The van der Waals surface area contributed by atoms with Crippen molar-refractivity contribution in [3.05, 3.63) is 64.8 Å². The molecule has 1 spiro atoms. The smallest absolute Gasteiger partial charge is 0.272 e. The highest BCUT2D eigenvalue weighted by molar-refractivity contribution is 5.95. The van der Waals surface area contributed by atoms with Gasteiger partial charge in [-0.25, -0.2) is 19.9 Å². The Morgan fingerprint density at radius 3 is 2.10 bits per heavy atom. The molecule has 6 atom stereocenters. The van der Waals surface area contributed by atoms with E-state index in [0.29, 0.717) is 105 Å². The Balaban J connectivity index is 1.03. The number of aliphatic hydroxyl groups excluding tert-OH is 2. The van der Waals surface area contributed by atoms with E-state index in [2.05, 4.69) is 39.2 Å². The summed E-state index contributed by atoms with van der Waals surface area (Å²) in [5.41, 5.74) is 4.30. The topological polar surface area (TPSA) is 219 Å². The van der Waals surface area contributed by atoms with E-state index in [1.807, 2.05) is 50.4 Å². The van der Waals surface area contributed by atoms with Gasteiger partial charge in [0.15, 0.2) is 11.6 Å². The van der Waals surface area contributed by atoms with E-state index in [-0.39, 0.29) is 48.8 Å². The maximum atomic E-state index is 14.5. The molecule has 5 aliphatic heterocycles. The standard InChI is InChI=1S/C54H76N10O9/c1-34-47(53(67)63(5)41-12-19-68-20-13-41)59-51(60-48(34)57-39-10-17-69-29-39)38-22-37(24-45(25-38)73-32-43(66)28-56-4)46-26-54(15-21-71-46)14-7-16-64(33-54)52-35(2)49(58-40-11-18-70-30-40)61-50(62-52)36-8-6-9-44(23-36)72-31-42(65)27-55-3/h6,8-9,22-25,39-43,46,55-56,65-66H,7,10-21,26-33H2,1-5H3,(H,57,59,60)(H,58,61,62). The number of benzene rings is 2. The number of likely N-dealkylation sites (N-methyl/N-ethyl adjacent to an activating group) is 2. The van der Waals surface area contributed by atoms with E-state index in [1.165, 1.54) is 0 Å². The zero-order valence-electron chi connectivity index (χ0n) is 43.3. The summed E-state index contributed by atoms with van der Waals surface area (Å²) in [5.74, 6) is 4.26. The first-order valence-corrected chi connectivity index (χ1v) is 26.3. The number of rotatable bonds is 20. The van der Waals surface area contributed by atoms with Crippen LogP contribution in [-0.4, -0.2) is 178 Å². The Morgan fingerprint density at radius 2 is 1.42 bits per heavy atom. The van der Waals surface area contributed by atoms with Crippen LogP contribution in [0.2, 0.25) is 0 Å². The molecule has 19 heteroatoms. The van der Waals surface area contributed by atoms with Crippen molar-refractivity contribution in [2.75, 3.05) is 122 Å². The molecule has 1 amide bonds. The molecular formula is C54H76N10O9. The molecule has 4 aromatic rings. The molecule has 2 aromatic carbocycles. The molecule has 9 rings (SSSR count). The Hall–Kier alpha value is -5.25. The average molecular weight is 1010 g/mol. The number of nitrogens with one attached hydrogen (secondary N) is 4. The van der Waals surface area contributed by atoms with Gasteiger partial charge in [-0.05, 0) is 121 Å². The van der Waals surface area contributed by atoms with Crippen LogP contribution < -0.4 is 35.6 Å².